The number of amides is 1. The molecule has 5 heteroatoms. The summed E-state index contributed by atoms with van der Waals surface area (Å²) >= 11 is 7.43. The Morgan fingerprint density at radius 3 is 3.00 bits per heavy atom. The molecule has 1 fully saturated rings. The molecule has 3 nitrogen and oxygen atoms in total. The molecule has 2 unspecified atom stereocenters. The van der Waals surface area contributed by atoms with Crippen LogP contribution >= 0.6 is 22.9 Å². The van der Waals surface area contributed by atoms with Gasteiger partial charge in [0.1, 0.15) is 0 Å². The summed E-state index contributed by atoms with van der Waals surface area (Å²) in [4.78, 5) is 13.2. The highest BCUT2D eigenvalue weighted by Gasteiger charge is 2.31. The Labute approximate surface area is 117 Å². The molecule has 2 rings (SSSR count). The first kappa shape index (κ1) is 13.8. The minimum Gasteiger partial charge on any atom is -0.355 e. The van der Waals surface area contributed by atoms with Gasteiger partial charge in [0.05, 0.1) is 4.34 Å². The highest BCUT2D eigenvalue weighted by atomic mass is 35.5. The Hall–Kier alpha value is -0.580. The lowest BCUT2D eigenvalue weighted by Gasteiger charge is -2.17. The van der Waals surface area contributed by atoms with Crippen LogP contribution in [0.1, 0.15) is 24.1 Å². The molecule has 0 radical (unpaired) electrons. The van der Waals surface area contributed by atoms with Crippen LogP contribution in [0.3, 0.4) is 0 Å². The number of nitrogens with one attached hydrogen (secondary N) is 1. The van der Waals surface area contributed by atoms with Gasteiger partial charge in [-0.1, -0.05) is 18.0 Å². The number of halogens is 1. The molecule has 1 aliphatic rings. The summed E-state index contributed by atoms with van der Waals surface area (Å²) in [6, 6.07) is 3.90. The summed E-state index contributed by atoms with van der Waals surface area (Å²) in [5, 5.41) is 3.02. The molecule has 1 heterocycles. The van der Waals surface area contributed by atoms with Crippen LogP contribution in [-0.2, 0) is 11.2 Å². The van der Waals surface area contributed by atoms with Gasteiger partial charge in [0, 0.05) is 17.3 Å². The van der Waals surface area contributed by atoms with Crippen molar-refractivity contribution in [1.82, 2.24) is 5.32 Å². The SMILES string of the molecule is NCC1CCCC1C(=O)NCCc1ccc(Cl)s1. The molecule has 18 heavy (non-hydrogen) atoms. The van der Waals surface area contributed by atoms with Crippen LogP contribution in [-0.4, -0.2) is 19.0 Å². The van der Waals surface area contributed by atoms with Crippen LogP contribution in [0.4, 0.5) is 0 Å². The quantitative estimate of drug-likeness (QED) is 0.873. The summed E-state index contributed by atoms with van der Waals surface area (Å²) in [6.45, 7) is 1.31. The molecule has 0 saturated heterocycles. The van der Waals surface area contributed by atoms with E-state index >= 15 is 0 Å². The number of carbonyl (C=O) groups excluding carboxylic acids is 1. The van der Waals surface area contributed by atoms with Crippen molar-refractivity contribution in [3.8, 4) is 0 Å². The fourth-order valence-corrected chi connectivity index (χ4v) is 3.68. The fraction of sp³-hybridized carbons (Fsp3) is 0.615. The molecule has 1 amide bonds. The van der Waals surface area contributed by atoms with Gasteiger partial charge >= 0.3 is 0 Å². The van der Waals surface area contributed by atoms with Gasteiger partial charge < -0.3 is 11.1 Å². The molecule has 1 aromatic rings. The molecule has 0 spiro atoms. The first-order valence-corrected chi connectivity index (χ1v) is 7.62. The Kier molecular flexibility index (Phi) is 5.03. The van der Waals surface area contributed by atoms with Gasteiger partial charge in [0.15, 0.2) is 0 Å². The van der Waals surface area contributed by atoms with E-state index in [-0.39, 0.29) is 11.8 Å². The van der Waals surface area contributed by atoms with Crippen molar-refractivity contribution < 1.29 is 4.79 Å². The van der Waals surface area contributed by atoms with E-state index in [0.29, 0.717) is 19.0 Å². The maximum Gasteiger partial charge on any atom is 0.223 e. The third-order valence-electron chi connectivity index (χ3n) is 3.60. The zero-order chi connectivity index (χ0) is 13.0. The van der Waals surface area contributed by atoms with Gasteiger partial charge in [-0.3, -0.25) is 4.79 Å². The number of hydrogen-bond donors (Lipinski definition) is 2. The Balaban J connectivity index is 1.74. The van der Waals surface area contributed by atoms with Gasteiger partial charge in [-0.25, -0.2) is 0 Å². The van der Waals surface area contributed by atoms with Crippen molar-refractivity contribution in [2.45, 2.75) is 25.7 Å². The molecule has 0 aromatic carbocycles. The zero-order valence-corrected chi connectivity index (χ0v) is 11.9. The second-order valence-corrected chi connectivity index (χ2v) is 6.58. The Morgan fingerprint density at radius 2 is 2.33 bits per heavy atom. The minimum absolute atomic E-state index is 0.127. The second-order valence-electron chi connectivity index (χ2n) is 4.78. The van der Waals surface area contributed by atoms with Crippen LogP contribution in [0.25, 0.3) is 0 Å². The lowest BCUT2D eigenvalue weighted by Crippen LogP contribution is -2.36. The van der Waals surface area contributed by atoms with Crippen LogP contribution in [0.2, 0.25) is 4.34 Å². The van der Waals surface area contributed by atoms with Crippen molar-refractivity contribution in [2.24, 2.45) is 17.6 Å². The molecule has 0 aliphatic heterocycles. The van der Waals surface area contributed by atoms with Crippen molar-refractivity contribution in [2.75, 3.05) is 13.1 Å². The third kappa shape index (κ3) is 3.46. The standard InChI is InChI=1S/C13H19ClN2OS/c14-12-5-4-10(18-12)6-7-16-13(17)11-3-1-2-9(11)8-15/h4-5,9,11H,1-3,6-8,15H2,(H,16,17). The Bertz CT molecular complexity index is 407. The topological polar surface area (TPSA) is 55.1 Å². The van der Waals surface area contributed by atoms with Crippen LogP contribution in [0.15, 0.2) is 12.1 Å². The summed E-state index contributed by atoms with van der Waals surface area (Å²) in [5.74, 6) is 0.675. The second kappa shape index (κ2) is 6.55. The van der Waals surface area contributed by atoms with Gasteiger partial charge in [0.25, 0.3) is 0 Å². The first-order valence-electron chi connectivity index (χ1n) is 6.42. The van der Waals surface area contributed by atoms with Gasteiger partial charge in [-0.05, 0) is 43.9 Å². The molecule has 0 bridgehead atoms. The summed E-state index contributed by atoms with van der Waals surface area (Å²) in [5.41, 5.74) is 5.69. The molecule has 2 atom stereocenters. The molecular formula is C13H19ClN2OS. The lowest BCUT2D eigenvalue weighted by molar-refractivity contribution is -0.125. The van der Waals surface area contributed by atoms with Crippen molar-refractivity contribution in [1.29, 1.82) is 0 Å². The van der Waals surface area contributed by atoms with E-state index < -0.39 is 0 Å². The molecule has 1 aromatic heterocycles. The van der Waals surface area contributed by atoms with Crippen LogP contribution in [0, 0.1) is 11.8 Å². The molecule has 3 N–H and O–H groups in total. The largest absolute Gasteiger partial charge is 0.355 e. The number of carbonyl (C=O) groups is 1. The monoisotopic (exact) mass is 286 g/mol. The predicted octanol–water partition coefficient (Wildman–Crippen LogP) is 2.44. The van der Waals surface area contributed by atoms with Gasteiger partial charge in [0.2, 0.25) is 5.91 Å². The minimum atomic E-state index is 0.127. The lowest BCUT2D eigenvalue weighted by atomic mass is 9.95. The fourth-order valence-electron chi connectivity index (χ4n) is 2.59. The van der Waals surface area contributed by atoms with E-state index in [9.17, 15) is 4.79 Å². The van der Waals surface area contributed by atoms with Crippen molar-refractivity contribution in [3.05, 3.63) is 21.3 Å². The third-order valence-corrected chi connectivity index (χ3v) is 4.89. The summed E-state index contributed by atoms with van der Waals surface area (Å²) in [6.07, 6.45) is 4.05. The van der Waals surface area contributed by atoms with Crippen LogP contribution in [0.5, 0.6) is 0 Å². The molecular weight excluding hydrogens is 268 g/mol. The number of nitrogens with two attached hydrogens (primary N) is 1. The molecule has 1 saturated carbocycles. The van der Waals surface area contributed by atoms with Crippen molar-refractivity contribution in [3.63, 3.8) is 0 Å². The zero-order valence-electron chi connectivity index (χ0n) is 10.3. The highest BCUT2D eigenvalue weighted by molar-refractivity contribution is 7.16. The first-order chi connectivity index (χ1) is 8.70. The normalized spacial score (nSPS) is 23.2. The smallest absolute Gasteiger partial charge is 0.223 e. The summed E-state index contributed by atoms with van der Waals surface area (Å²) < 4.78 is 0.801. The van der Waals surface area contributed by atoms with Crippen LogP contribution < -0.4 is 11.1 Å². The maximum atomic E-state index is 12.0. The maximum absolute atomic E-state index is 12.0. The average molecular weight is 287 g/mol. The number of thiophene rings is 1. The van der Waals surface area contributed by atoms with Gasteiger partial charge in [-0.2, -0.15) is 0 Å². The van der Waals surface area contributed by atoms with Gasteiger partial charge in [-0.15, -0.1) is 11.3 Å². The van der Waals surface area contributed by atoms with E-state index in [0.717, 1.165) is 30.0 Å². The highest BCUT2D eigenvalue weighted by Crippen LogP contribution is 2.30. The van der Waals surface area contributed by atoms with E-state index in [2.05, 4.69) is 5.32 Å². The molecule has 100 valence electrons. The Morgan fingerprint density at radius 1 is 1.50 bits per heavy atom. The predicted molar refractivity (Wildman–Crippen MR) is 75.9 cm³/mol. The van der Waals surface area contributed by atoms with E-state index in [1.807, 2.05) is 12.1 Å². The molecule has 1 aliphatic carbocycles. The van der Waals surface area contributed by atoms with E-state index in [4.69, 9.17) is 17.3 Å². The number of rotatable bonds is 5. The number of hydrogen-bond acceptors (Lipinski definition) is 3. The van der Waals surface area contributed by atoms with E-state index in [1.165, 1.54) is 4.88 Å². The summed E-state index contributed by atoms with van der Waals surface area (Å²) in [7, 11) is 0. The average Bonchev–Trinajstić information content (AvgIpc) is 2.97. The van der Waals surface area contributed by atoms with E-state index in [1.54, 1.807) is 11.3 Å². The van der Waals surface area contributed by atoms with Crippen molar-refractivity contribution >= 4 is 28.8 Å².